The normalized spacial score (nSPS) is 11.6. The van der Waals surface area contributed by atoms with E-state index < -0.39 is 21.7 Å². The van der Waals surface area contributed by atoms with Crippen LogP contribution < -0.4 is 21.0 Å². The van der Waals surface area contributed by atoms with Crippen molar-refractivity contribution in [2.24, 2.45) is 12.8 Å². The molecule has 1 unspecified atom stereocenters. The molecule has 1 amide bonds. The van der Waals surface area contributed by atoms with Crippen molar-refractivity contribution in [2.75, 3.05) is 5.32 Å². The maximum absolute atomic E-state index is 13.2. The first-order valence-electron chi connectivity index (χ1n) is 12.2. The second-order valence-electron chi connectivity index (χ2n) is 10.2. The molecule has 0 saturated carbocycles. The van der Waals surface area contributed by atoms with E-state index >= 15 is 0 Å². The molecular weight excluding hydrogens is 539 g/mol. The van der Waals surface area contributed by atoms with Gasteiger partial charge in [0.25, 0.3) is 0 Å². The van der Waals surface area contributed by atoms with Crippen LogP contribution in [-0.2, 0) is 12.5 Å². The van der Waals surface area contributed by atoms with E-state index in [-0.39, 0.29) is 21.4 Å². The summed E-state index contributed by atoms with van der Waals surface area (Å²) in [4.78, 5) is 42.1. The monoisotopic (exact) mass is 570 g/mol. The number of benzene rings is 3. The molecule has 8 heteroatoms. The Morgan fingerprint density at radius 1 is 0.974 bits per heavy atom. The molecule has 38 heavy (non-hydrogen) atoms. The number of amides is 1. The summed E-state index contributed by atoms with van der Waals surface area (Å²) in [5.74, 6) is -0.429. The first kappa shape index (κ1) is 27.1. The summed E-state index contributed by atoms with van der Waals surface area (Å²) in [6.07, 6.45) is 1.69. The van der Waals surface area contributed by atoms with E-state index in [0.717, 1.165) is 21.0 Å². The van der Waals surface area contributed by atoms with Crippen LogP contribution >= 0.6 is 0 Å². The number of anilines is 2. The van der Waals surface area contributed by atoms with Crippen LogP contribution in [0.2, 0.25) is 0 Å². The van der Waals surface area contributed by atoms with Gasteiger partial charge in [-0.15, -0.1) is 0 Å². The average Bonchev–Trinajstić information content (AvgIpc) is 2.87. The number of nitrogens with one attached hydrogen (secondary N) is 1. The minimum absolute atomic E-state index is 0.0317. The van der Waals surface area contributed by atoms with Gasteiger partial charge in [0.05, 0.1) is 0 Å². The van der Waals surface area contributed by atoms with Crippen LogP contribution in [0, 0.1) is 6.92 Å². The molecule has 0 radical (unpaired) electrons. The number of nitrogens with two attached hydrogens (primary N) is 1. The minimum atomic E-state index is -1.12. The van der Waals surface area contributed by atoms with Crippen molar-refractivity contribution in [3.05, 3.63) is 106 Å². The summed E-state index contributed by atoms with van der Waals surface area (Å²) in [5.41, 5.74) is 10.3. The Bertz CT molecular complexity index is 1580. The summed E-state index contributed by atoms with van der Waals surface area (Å²) in [6.45, 7) is 8.44. The van der Waals surface area contributed by atoms with Gasteiger partial charge in [-0.2, -0.15) is 0 Å². The Morgan fingerprint density at radius 3 is 2.32 bits per heavy atom. The molecule has 0 aliphatic carbocycles. The Balaban J connectivity index is 1.64. The molecule has 3 N–H and O–H groups in total. The number of carbonyl (C=O) groups is 2. The average molecular weight is 571 g/mol. The van der Waals surface area contributed by atoms with Crippen molar-refractivity contribution >= 4 is 42.1 Å². The van der Waals surface area contributed by atoms with Gasteiger partial charge in [-0.3, -0.25) is 0 Å². The molecule has 194 valence electrons. The second kappa shape index (κ2) is 10.8. The fraction of sp³-hybridized carbons (Fsp3) is 0.200. The van der Waals surface area contributed by atoms with Crippen LogP contribution in [-0.4, -0.2) is 35.8 Å². The molecule has 0 aliphatic heterocycles. The number of nitrogens with zero attached hydrogens (tertiary/aromatic N) is 2. The Kier molecular flexibility index (Phi) is 7.70. The molecular formula is C30H31AsN4O3. The van der Waals surface area contributed by atoms with Gasteiger partial charge >= 0.3 is 229 Å². The molecule has 0 aliphatic rings. The van der Waals surface area contributed by atoms with E-state index in [0.29, 0.717) is 16.9 Å². The van der Waals surface area contributed by atoms with Crippen molar-refractivity contribution in [1.29, 1.82) is 0 Å². The predicted molar refractivity (Wildman–Crippen MR) is 154 cm³/mol. The number of primary amides is 1. The van der Waals surface area contributed by atoms with E-state index in [1.54, 1.807) is 37.5 Å². The first-order valence-corrected chi connectivity index (χ1v) is 14.3. The zero-order valence-corrected chi connectivity index (χ0v) is 24.2. The molecule has 0 bridgehead atoms. The molecule has 1 aromatic heterocycles. The molecule has 1 atom stereocenters. The van der Waals surface area contributed by atoms with Gasteiger partial charge in [0, 0.05) is 0 Å². The number of hydrogen-bond donors (Lipinski definition) is 2. The van der Waals surface area contributed by atoms with E-state index in [9.17, 15) is 14.4 Å². The standard InChI is InChI=1S/C30H31AsN4O3/c1-18-23(10-7-11-24(18)31-26(36)19-12-14-21(15-13-19)30(2,3)4)25-17-35(5)29(38)28(34-25)33-22-9-6-8-20(16-22)27(32)37/h6-17,31H,1-5H3,(H2,32,37)(H,33,34). The number of carbonyl (C=O) groups excluding carboxylic acids is 2. The Morgan fingerprint density at radius 2 is 1.66 bits per heavy atom. The van der Waals surface area contributed by atoms with Crippen molar-refractivity contribution in [2.45, 2.75) is 33.1 Å². The summed E-state index contributed by atoms with van der Waals surface area (Å²) >= 11 is -1.12. The molecule has 4 rings (SSSR count). The maximum atomic E-state index is 13.2. The fourth-order valence-electron chi connectivity index (χ4n) is 4.07. The third kappa shape index (κ3) is 5.95. The van der Waals surface area contributed by atoms with Gasteiger partial charge < -0.3 is 0 Å². The molecule has 3 aromatic carbocycles. The van der Waals surface area contributed by atoms with E-state index in [1.807, 2.05) is 49.4 Å². The number of aromatic nitrogens is 2. The van der Waals surface area contributed by atoms with Crippen molar-refractivity contribution < 1.29 is 9.59 Å². The summed E-state index contributed by atoms with van der Waals surface area (Å²) in [6, 6.07) is 20.4. The molecule has 0 saturated heterocycles. The van der Waals surface area contributed by atoms with Gasteiger partial charge in [0.15, 0.2) is 0 Å². The Hall–Kier alpha value is -3.96. The van der Waals surface area contributed by atoms with E-state index in [4.69, 9.17) is 5.73 Å². The van der Waals surface area contributed by atoms with E-state index in [1.165, 1.54) is 10.1 Å². The van der Waals surface area contributed by atoms with Crippen LogP contribution in [0.4, 0.5) is 11.5 Å². The molecule has 7 nitrogen and oxygen atoms in total. The molecule has 4 aromatic rings. The zero-order valence-electron chi connectivity index (χ0n) is 22.1. The SMILES string of the molecule is Cc1c([AsH]C(=O)c2ccc(C(C)(C)C)cc2)cccc1-c1cn(C)c(=O)c(Nc2cccc(C(N)=O)c2)n1. The van der Waals surface area contributed by atoms with Gasteiger partial charge in [-0.1, -0.05) is 0 Å². The van der Waals surface area contributed by atoms with Gasteiger partial charge in [-0.05, 0) is 0 Å². The first-order chi connectivity index (χ1) is 17.9. The third-order valence-electron chi connectivity index (χ3n) is 6.35. The van der Waals surface area contributed by atoms with Crippen LogP contribution in [0.5, 0.6) is 0 Å². The van der Waals surface area contributed by atoms with Gasteiger partial charge in [0.1, 0.15) is 0 Å². The summed E-state index contributed by atoms with van der Waals surface area (Å²) in [5, 5.41) is 3.02. The van der Waals surface area contributed by atoms with Crippen LogP contribution in [0.15, 0.2) is 77.7 Å². The third-order valence-corrected chi connectivity index (χ3v) is 9.14. The van der Waals surface area contributed by atoms with Gasteiger partial charge in [0.2, 0.25) is 0 Å². The summed E-state index contributed by atoms with van der Waals surface area (Å²) in [7, 11) is 1.66. The number of rotatable bonds is 7. The quantitative estimate of drug-likeness (QED) is 0.329. The van der Waals surface area contributed by atoms with Crippen molar-refractivity contribution in [1.82, 2.24) is 9.55 Å². The van der Waals surface area contributed by atoms with Crippen LogP contribution in [0.25, 0.3) is 11.3 Å². The van der Waals surface area contributed by atoms with Crippen molar-refractivity contribution in [3.8, 4) is 11.3 Å². The zero-order chi connectivity index (χ0) is 27.6. The van der Waals surface area contributed by atoms with Crippen LogP contribution in [0.3, 0.4) is 0 Å². The fourth-order valence-corrected chi connectivity index (χ4v) is 6.29. The molecule has 0 spiro atoms. The van der Waals surface area contributed by atoms with Crippen LogP contribution in [0.1, 0.15) is 52.6 Å². The Labute approximate surface area is 228 Å². The molecule has 1 heterocycles. The second-order valence-corrected chi connectivity index (χ2v) is 12.8. The van der Waals surface area contributed by atoms with Crippen molar-refractivity contribution in [3.63, 3.8) is 0 Å². The van der Waals surface area contributed by atoms with Gasteiger partial charge in [-0.25, -0.2) is 0 Å². The number of hydrogen-bond acceptors (Lipinski definition) is 5. The topological polar surface area (TPSA) is 107 Å². The summed E-state index contributed by atoms with van der Waals surface area (Å²) < 4.78 is 2.65. The van der Waals surface area contributed by atoms with E-state index in [2.05, 4.69) is 31.1 Å². The number of aryl methyl sites for hydroxylation is 1. The predicted octanol–water partition coefficient (Wildman–Crippen LogP) is 3.80. The molecule has 0 fully saturated rings.